The minimum absolute atomic E-state index is 0.107. The molecule has 3 N–H and O–H groups in total. The normalized spacial score (nSPS) is 13.1. The number of nitrogens with one attached hydrogen (secondary N) is 1. The van der Waals surface area contributed by atoms with E-state index in [1.807, 2.05) is 17.5 Å². The number of rotatable bonds is 8. The Hall–Kier alpha value is -2.89. The van der Waals surface area contributed by atoms with Crippen molar-refractivity contribution >= 4 is 40.1 Å². The molecule has 4 heterocycles. The average molecular weight is 498 g/mol. The van der Waals surface area contributed by atoms with Crippen LogP contribution in [-0.4, -0.2) is 43.4 Å². The van der Waals surface area contributed by atoms with E-state index in [1.54, 1.807) is 29.3 Å². The number of nitrogens with zero attached hydrogens (tertiary/aromatic N) is 5. The van der Waals surface area contributed by atoms with Crippen LogP contribution < -0.4 is 20.5 Å². The molecule has 0 radical (unpaired) electrons. The van der Waals surface area contributed by atoms with E-state index < -0.39 is 0 Å². The van der Waals surface area contributed by atoms with Crippen molar-refractivity contribution < 1.29 is 9.47 Å². The fraction of sp³-hybridized carbons (Fsp3) is 0.391. The number of thiazole rings is 1. The number of hydrogen-bond acceptors (Lipinski definition) is 10. The smallest absolute Gasteiger partial charge is 0.231 e. The number of anilines is 1. The monoisotopic (exact) mass is 497 g/mol. The van der Waals surface area contributed by atoms with Gasteiger partial charge in [-0.15, -0.1) is 11.3 Å². The molecule has 0 amide bonds. The van der Waals surface area contributed by atoms with Gasteiger partial charge in [-0.3, -0.25) is 0 Å². The number of aromatic nitrogens is 5. The summed E-state index contributed by atoms with van der Waals surface area (Å²) in [5.41, 5.74) is 8.60. The number of nitrogens with two attached hydrogens (primary N) is 1. The van der Waals surface area contributed by atoms with Crippen LogP contribution in [0.1, 0.15) is 33.6 Å². The molecule has 0 saturated carbocycles. The van der Waals surface area contributed by atoms with Gasteiger partial charge < -0.3 is 25.1 Å². The molecule has 4 aromatic rings. The zero-order chi connectivity index (χ0) is 23.7. The molecular weight excluding hydrogens is 470 g/mol. The average Bonchev–Trinajstić information content (AvgIpc) is 3.53. The van der Waals surface area contributed by atoms with Gasteiger partial charge in [0.1, 0.15) is 11.3 Å². The fourth-order valence-electron chi connectivity index (χ4n) is 3.70. The summed E-state index contributed by atoms with van der Waals surface area (Å²) >= 11 is 3.13. The standard InChI is InChI=1S/C23H27N7O2S2/c1-23(2,3)28-6-4-5-8-30-20-18(19(24)26-12-27-20)29-22(30)34-17-11-16-15(31-13-32-16)10-14(17)21-25-7-9-33-21/h7,9-12,28H,4-6,8,13H2,1-3H3,(H2,24,26,27). The van der Waals surface area contributed by atoms with E-state index in [-0.39, 0.29) is 12.3 Å². The Morgan fingerprint density at radius 2 is 1.97 bits per heavy atom. The lowest BCUT2D eigenvalue weighted by atomic mass is 10.1. The van der Waals surface area contributed by atoms with Gasteiger partial charge in [-0.1, -0.05) is 11.8 Å². The first-order valence-electron chi connectivity index (χ1n) is 11.1. The highest BCUT2D eigenvalue weighted by atomic mass is 32.2. The number of nitrogen functional groups attached to an aromatic ring is 1. The lowest BCUT2D eigenvalue weighted by Crippen LogP contribution is -2.36. The summed E-state index contributed by atoms with van der Waals surface area (Å²) in [6.45, 7) is 8.47. The van der Waals surface area contributed by atoms with Crippen LogP contribution >= 0.6 is 23.1 Å². The molecule has 1 aliphatic heterocycles. The quantitative estimate of drug-likeness (QED) is 0.338. The number of unbranched alkanes of at least 4 members (excludes halogenated alkanes) is 1. The summed E-state index contributed by atoms with van der Waals surface area (Å²) < 4.78 is 13.4. The van der Waals surface area contributed by atoms with Crippen molar-refractivity contribution in [3.05, 3.63) is 30.0 Å². The summed E-state index contributed by atoms with van der Waals surface area (Å²) in [6.07, 6.45) is 5.31. The van der Waals surface area contributed by atoms with Crippen molar-refractivity contribution in [3.63, 3.8) is 0 Å². The van der Waals surface area contributed by atoms with Crippen LogP contribution in [0.4, 0.5) is 5.82 Å². The largest absolute Gasteiger partial charge is 0.454 e. The summed E-state index contributed by atoms with van der Waals surface area (Å²) in [5.74, 6) is 1.83. The summed E-state index contributed by atoms with van der Waals surface area (Å²) in [5, 5.41) is 7.23. The number of ether oxygens (including phenoxy) is 2. The van der Waals surface area contributed by atoms with Crippen molar-refractivity contribution in [2.45, 2.75) is 55.7 Å². The third-order valence-electron chi connectivity index (χ3n) is 5.33. The third-order valence-corrected chi connectivity index (χ3v) is 7.19. The molecule has 0 bridgehead atoms. The van der Waals surface area contributed by atoms with Gasteiger partial charge in [0.05, 0.1) is 0 Å². The number of benzene rings is 1. The molecular formula is C23H27N7O2S2. The van der Waals surface area contributed by atoms with E-state index in [2.05, 4.69) is 45.6 Å². The van der Waals surface area contributed by atoms with Gasteiger partial charge in [0.25, 0.3) is 0 Å². The predicted octanol–water partition coefficient (Wildman–Crippen LogP) is 4.58. The molecule has 11 heteroatoms. The van der Waals surface area contributed by atoms with Crippen LogP contribution in [0.3, 0.4) is 0 Å². The second-order valence-corrected chi connectivity index (χ2v) is 10.9. The Morgan fingerprint density at radius 3 is 2.74 bits per heavy atom. The minimum Gasteiger partial charge on any atom is -0.454 e. The van der Waals surface area contributed by atoms with Crippen molar-refractivity contribution in [1.82, 2.24) is 29.8 Å². The maximum Gasteiger partial charge on any atom is 0.231 e. The Labute approximate surface area is 206 Å². The van der Waals surface area contributed by atoms with Gasteiger partial charge in [-0.2, -0.15) is 0 Å². The summed E-state index contributed by atoms with van der Waals surface area (Å²) in [6, 6.07) is 3.98. The molecule has 0 spiro atoms. The molecule has 0 fully saturated rings. The van der Waals surface area contributed by atoms with Gasteiger partial charge in [-0.05, 0) is 52.3 Å². The molecule has 34 heavy (non-hydrogen) atoms. The van der Waals surface area contributed by atoms with Gasteiger partial charge in [0.2, 0.25) is 6.79 Å². The second kappa shape index (κ2) is 9.40. The topological polar surface area (TPSA) is 113 Å². The number of imidazole rings is 1. The van der Waals surface area contributed by atoms with Crippen molar-refractivity contribution in [2.75, 3.05) is 19.1 Å². The van der Waals surface area contributed by atoms with Gasteiger partial charge in [0.15, 0.2) is 33.6 Å². The highest BCUT2D eigenvalue weighted by Gasteiger charge is 2.23. The number of aryl methyl sites for hydroxylation is 1. The number of fused-ring (bicyclic) bond motifs is 2. The van der Waals surface area contributed by atoms with Crippen molar-refractivity contribution in [1.29, 1.82) is 0 Å². The van der Waals surface area contributed by atoms with Crippen LogP contribution in [0.25, 0.3) is 21.7 Å². The highest BCUT2D eigenvalue weighted by Crippen LogP contribution is 2.45. The molecule has 9 nitrogen and oxygen atoms in total. The molecule has 5 rings (SSSR count). The minimum atomic E-state index is 0.107. The fourth-order valence-corrected chi connectivity index (χ4v) is 5.49. The predicted molar refractivity (Wildman–Crippen MR) is 135 cm³/mol. The first-order valence-corrected chi connectivity index (χ1v) is 12.8. The molecule has 0 saturated heterocycles. The van der Waals surface area contributed by atoms with Crippen molar-refractivity contribution in [3.8, 4) is 22.1 Å². The Bertz CT molecular complexity index is 1300. The molecule has 0 unspecified atom stereocenters. The van der Waals surface area contributed by atoms with E-state index in [4.69, 9.17) is 20.2 Å². The van der Waals surface area contributed by atoms with E-state index in [1.165, 1.54) is 6.33 Å². The molecule has 3 aromatic heterocycles. The highest BCUT2D eigenvalue weighted by molar-refractivity contribution is 7.99. The van der Waals surface area contributed by atoms with Crippen LogP contribution in [-0.2, 0) is 6.54 Å². The van der Waals surface area contributed by atoms with Crippen LogP contribution in [0.2, 0.25) is 0 Å². The maximum atomic E-state index is 6.15. The maximum absolute atomic E-state index is 6.15. The molecule has 0 aliphatic carbocycles. The molecule has 1 aromatic carbocycles. The Morgan fingerprint density at radius 1 is 1.15 bits per heavy atom. The Kier molecular flexibility index (Phi) is 6.32. The first kappa shape index (κ1) is 22.9. The van der Waals surface area contributed by atoms with Gasteiger partial charge >= 0.3 is 0 Å². The lowest BCUT2D eigenvalue weighted by Gasteiger charge is -2.20. The van der Waals surface area contributed by atoms with Crippen LogP contribution in [0.5, 0.6) is 11.5 Å². The Balaban J connectivity index is 1.47. The summed E-state index contributed by atoms with van der Waals surface area (Å²) in [7, 11) is 0. The second-order valence-electron chi connectivity index (χ2n) is 9.00. The lowest BCUT2D eigenvalue weighted by molar-refractivity contribution is 0.174. The van der Waals surface area contributed by atoms with Gasteiger partial charge in [-0.25, -0.2) is 19.9 Å². The molecule has 178 valence electrons. The SMILES string of the molecule is CC(C)(C)NCCCCn1c(Sc2cc3c(cc2-c2nccs2)OCO3)nc2c(N)ncnc21. The van der Waals surface area contributed by atoms with E-state index in [0.717, 1.165) is 63.7 Å². The zero-order valence-electron chi connectivity index (χ0n) is 19.4. The third kappa shape index (κ3) is 4.82. The number of hydrogen-bond donors (Lipinski definition) is 2. The molecule has 0 atom stereocenters. The van der Waals surface area contributed by atoms with E-state index >= 15 is 0 Å². The molecule has 1 aliphatic rings. The zero-order valence-corrected chi connectivity index (χ0v) is 21.0. The van der Waals surface area contributed by atoms with E-state index in [9.17, 15) is 0 Å². The van der Waals surface area contributed by atoms with Gasteiger partial charge in [0, 0.05) is 34.1 Å². The van der Waals surface area contributed by atoms with Crippen molar-refractivity contribution in [2.24, 2.45) is 0 Å². The van der Waals surface area contributed by atoms with Crippen LogP contribution in [0, 0.1) is 0 Å². The van der Waals surface area contributed by atoms with Crippen LogP contribution in [0.15, 0.2) is 40.1 Å². The first-order chi connectivity index (χ1) is 16.4. The summed E-state index contributed by atoms with van der Waals surface area (Å²) in [4.78, 5) is 19.0. The van der Waals surface area contributed by atoms with E-state index in [0.29, 0.717) is 11.3 Å².